The fourth-order valence-corrected chi connectivity index (χ4v) is 3.25. The molecule has 0 aliphatic carbocycles. The number of nitrogens with zero attached hydrogens (tertiary/aromatic N) is 3. The van der Waals surface area contributed by atoms with Crippen LogP contribution in [0.15, 0.2) is 18.2 Å². The minimum Gasteiger partial charge on any atom is -0.495 e. The van der Waals surface area contributed by atoms with Gasteiger partial charge in [-0.3, -0.25) is 5.10 Å². The summed E-state index contributed by atoms with van der Waals surface area (Å²) in [5.74, 6) is -0.230. The highest BCUT2D eigenvalue weighted by Crippen LogP contribution is 2.31. The highest BCUT2D eigenvalue weighted by Gasteiger charge is 2.23. The van der Waals surface area contributed by atoms with Gasteiger partial charge in [-0.2, -0.15) is 5.10 Å². The van der Waals surface area contributed by atoms with Crippen LogP contribution in [0.1, 0.15) is 35.6 Å². The number of carboxylic acid groups (broad SMARTS) is 1. The maximum atomic E-state index is 11.2. The number of benzene rings is 1. The molecule has 7 nitrogen and oxygen atoms in total. The maximum absolute atomic E-state index is 11.2. The number of nitrogens with one attached hydrogen (secondary N) is 1. The summed E-state index contributed by atoms with van der Waals surface area (Å²) in [4.78, 5) is 15.7. The van der Waals surface area contributed by atoms with Crippen molar-refractivity contribution in [3.8, 4) is 5.75 Å². The molecule has 26 heavy (non-hydrogen) atoms. The zero-order valence-corrected chi connectivity index (χ0v) is 16.2. The molecule has 0 atom stereocenters. The molecule has 2 heterocycles. The monoisotopic (exact) mass is 360 g/mol. The molecule has 1 fully saturated rings. The van der Waals surface area contributed by atoms with E-state index in [1.54, 1.807) is 25.3 Å². The standard InChI is InChI=1S/C17H22N4O3.C2H6/c1-11-16(12(2)19-18-11)21-8-6-20(7-9-21)14-10-13(17(22)23)4-5-15(14)24-3;1-2/h4-5,10H,6-9H2,1-3H3,(H,18,19)(H,22,23);1-2H3. The van der Waals surface area contributed by atoms with Gasteiger partial charge in [-0.15, -0.1) is 0 Å². The molecule has 0 unspecified atom stereocenters. The molecular formula is C19H28N4O3. The van der Waals surface area contributed by atoms with E-state index in [0.717, 1.165) is 43.3 Å². The first-order chi connectivity index (χ1) is 12.5. The van der Waals surface area contributed by atoms with Gasteiger partial charge in [-0.1, -0.05) is 13.8 Å². The minimum absolute atomic E-state index is 0.273. The second-order valence-electron chi connectivity index (χ2n) is 5.95. The highest BCUT2D eigenvalue weighted by molar-refractivity contribution is 5.89. The van der Waals surface area contributed by atoms with Gasteiger partial charge in [-0.05, 0) is 32.0 Å². The summed E-state index contributed by atoms with van der Waals surface area (Å²) < 4.78 is 5.41. The zero-order valence-electron chi connectivity index (χ0n) is 16.2. The first-order valence-corrected chi connectivity index (χ1v) is 8.94. The van der Waals surface area contributed by atoms with Crippen LogP contribution in [0.5, 0.6) is 5.75 Å². The van der Waals surface area contributed by atoms with E-state index in [2.05, 4.69) is 20.0 Å². The fraction of sp³-hybridized carbons (Fsp3) is 0.474. The maximum Gasteiger partial charge on any atom is 0.335 e. The number of anilines is 2. The topological polar surface area (TPSA) is 81.7 Å². The Morgan fingerprint density at radius 1 is 1.15 bits per heavy atom. The van der Waals surface area contributed by atoms with Gasteiger partial charge in [0.2, 0.25) is 0 Å². The Kier molecular flexibility index (Phi) is 6.49. The van der Waals surface area contributed by atoms with E-state index in [9.17, 15) is 9.90 Å². The molecule has 7 heteroatoms. The van der Waals surface area contributed by atoms with Gasteiger partial charge >= 0.3 is 5.97 Å². The first kappa shape index (κ1) is 19.6. The number of ether oxygens (including phenoxy) is 1. The third-order valence-corrected chi connectivity index (χ3v) is 4.45. The Bertz CT molecular complexity index is 730. The van der Waals surface area contributed by atoms with Crippen molar-refractivity contribution >= 4 is 17.3 Å². The number of aromatic nitrogens is 2. The number of hydrogen-bond donors (Lipinski definition) is 2. The molecule has 2 aromatic rings. The minimum atomic E-state index is -0.929. The molecule has 2 N–H and O–H groups in total. The van der Waals surface area contributed by atoms with Crippen molar-refractivity contribution < 1.29 is 14.6 Å². The molecule has 1 aromatic heterocycles. The molecule has 0 amide bonds. The normalized spacial score (nSPS) is 13.9. The van der Waals surface area contributed by atoms with Crippen molar-refractivity contribution in [1.82, 2.24) is 10.2 Å². The molecule has 0 saturated carbocycles. The van der Waals surface area contributed by atoms with Crippen molar-refractivity contribution in [2.75, 3.05) is 43.1 Å². The van der Waals surface area contributed by atoms with Crippen molar-refractivity contribution in [3.63, 3.8) is 0 Å². The second-order valence-corrected chi connectivity index (χ2v) is 5.95. The number of aryl methyl sites for hydroxylation is 2. The largest absolute Gasteiger partial charge is 0.495 e. The van der Waals surface area contributed by atoms with Crippen LogP contribution in [-0.4, -0.2) is 54.6 Å². The number of aromatic carboxylic acids is 1. The molecule has 1 aliphatic heterocycles. The van der Waals surface area contributed by atoms with E-state index in [1.807, 2.05) is 27.7 Å². The third-order valence-electron chi connectivity index (χ3n) is 4.45. The van der Waals surface area contributed by atoms with Gasteiger partial charge in [-0.25, -0.2) is 4.79 Å². The number of carboxylic acids is 1. The number of piperazine rings is 1. The summed E-state index contributed by atoms with van der Waals surface area (Å²) in [5.41, 5.74) is 4.35. The van der Waals surface area contributed by atoms with E-state index in [-0.39, 0.29) is 5.56 Å². The second kappa shape index (κ2) is 8.60. The average Bonchev–Trinajstić information content (AvgIpc) is 3.01. The molecule has 142 valence electrons. The summed E-state index contributed by atoms with van der Waals surface area (Å²) in [6.45, 7) is 11.3. The summed E-state index contributed by atoms with van der Waals surface area (Å²) in [5, 5.41) is 16.5. The van der Waals surface area contributed by atoms with Crippen LogP contribution >= 0.6 is 0 Å². The van der Waals surface area contributed by atoms with Gasteiger partial charge in [0.1, 0.15) is 5.75 Å². The van der Waals surface area contributed by atoms with Crippen LogP contribution in [0.25, 0.3) is 0 Å². The molecule has 0 spiro atoms. The lowest BCUT2D eigenvalue weighted by molar-refractivity contribution is 0.0697. The molecule has 1 aliphatic rings. The molecule has 1 aromatic carbocycles. The first-order valence-electron chi connectivity index (χ1n) is 8.94. The Morgan fingerprint density at radius 2 is 1.77 bits per heavy atom. The van der Waals surface area contributed by atoms with E-state index in [4.69, 9.17) is 4.74 Å². The number of H-pyrrole nitrogens is 1. The Balaban J connectivity index is 0.00000117. The van der Waals surface area contributed by atoms with E-state index >= 15 is 0 Å². The Labute approximate surface area is 154 Å². The van der Waals surface area contributed by atoms with Crippen LogP contribution in [0.4, 0.5) is 11.4 Å². The van der Waals surface area contributed by atoms with E-state index < -0.39 is 5.97 Å². The number of carbonyl (C=O) groups is 1. The quantitative estimate of drug-likeness (QED) is 0.872. The number of hydrogen-bond acceptors (Lipinski definition) is 5. The highest BCUT2D eigenvalue weighted by atomic mass is 16.5. The van der Waals surface area contributed by atoms with E-state index in [1.165, 1.54) is 5.69 Å². The van der Waals surface area contributed by atoms with Gasteiger partial charge in [0.05, 0.1) is 35.4 Å². The predicted octanol–water partition coefficient (Wildman–Crippen LogP) is 3.09. The fourth-order valence-electron chi connectivity index (χ4n) is 3.25. The molecule has 0 radical (unpaired) electrons. The van der Waals surface area contributed by atoms with Crippen LogP contribution in [0.3, 0.4) is 0 Å². The Hall–Kier alpha value is -2.70. The van der Waals surface area contributed by atoms with Crippen LogP contribution in [0.2, 0.25) is 0 Å². The van der Waals surface area contributed by atoms with Crippen molar-refractivity contribution in [2.45, 2.75) is 27.7 Å². The summed E-state index contributed by atoms with van der Waals surface area (Å²) in [7, 11) is 1.60. The Morgan fingerprint density at radius 3 is 2.27 bits per heavy atom. The van der Waals surface area contributed by atoms with Crippen LogP contribution in [0, 0.1) is 13.8 Å². The third kappa shape index (κ3) is 3.92. The van der Waals surface area contributed by atoms with Gasteiger partial charge < -0.3 is 19.6 Å². The van der Waals surface area contributed by atoms with Gasteiger partial charge in [0.15, 0.2) is 0 Å². The zero-order chi connectivity index (χ0) is 19.3. The molecular weight excluding hydrogens is 332 g/mol. The smallest absolute Gasteiger partial charge is 0.335 e. The molecule has 3 rings (SSSR count). The van der Waals surface area contributed by atoms with Gasteiger partial charge in [0.25, 0.3) is 0 Å². The lowest BCUT2D eigenvalue weighted by atomic mass is 10.1. The molecule has 1 saturated heterocycles. The lowest BCUT2D eigenvalue weighted by Gasteiger charge is -2.38. The van der Waals surface area contributed by atoms with Crippen LogP contribution in [-0.2, 0) is 0 Å². The van der Waals surface area contributed by atoms with E-state index in [0.29, 0.717) is 5.75 Å². The summed E-state index contributed by atoms with van der Waals surface area (Å²) in [6, 6.07) is 4.97. The number of methoxy groups -OCH3 is 1. The SMILES string of the molecule is CC.COc1ccc(C(=O)O)cc1N1CCN(c2c(C)n[nH]c2C)CC1. The predicted molar refractivity (Wildman–Crippen MR) is 104 cm³/mol. The molecule has 0 bridgehead atoms. The van der Waals surface area contributed by atoms with Gasteiger partial charge in [0, 0.05) is 26.2 Å². The van der Waals surface area contributed by atoms with Crippen LogP contribution < -0.4 is 14.5 Å². The summed E-state index contributed by atoms with van der Waals surface area (Å²) in [6.07, 6.45) is 0. The number of aromatic amines is 1. The number of rotatable bonds is 4. The summed E-state index contributed by atoms with van der Waals surface area (Å²) >= 11 is 0. The lowest BCUT2D eigenvalue weighted by Crippen LogP contribution is -2.47. The van der Waals surface area contributed by atoms with Crippen molar-refractivity contribution in [2.24, 2.45) is 0 Å². The average molecular weight is 360 g/mol. The van der Waals surface area contributed by atoms with Crippen molar-refractivity contribution in [3.05, 3.63) is 35.2 Å². The van der Waals surface area contributed by atoms with Crippen molar-refractivity contribution in [1.29, 1.82) is 0 Å².